The largest absolute Gasteiger partial charge is 0.477 e. The maximum Gasteiger partial charge on any atom is 0.341 e. The molecule has 1 heterocycles. The third kappa shape index (κ3) is 3.78. The number of hydrogen-bond donors (Lipinski definition) is 2. The van der Waals surface area contributed by atoms with E-state index in [1.54, 1.807) is 0 Å². The van der Waals surface area contributed by atoms with E-state index in [0.717, 1.165) is 11.3 Å². The van der Waals surface area contributed by atoms with Crippen LogP contribution in [0.2, 0.25) is 0 Å². The molecule has 23 heavy (non-hydrogen) atoms. The SMILES string of the molecule is CN(C)c1ccc(C[C@@H](CO)n2cccc(C(=O)O)c2=O)cc1. The van der Waals surface area contributed by atoms with Gasteiger partial charge in [-0.15, -0.1) is 0 Å². The minimum atomic E-state index is -1.27. The molecule has 6 heteroatoms. The Kier molecular flexibility index (Phi) is 5.18. The third-order valence-corrected chi connectivity index (χ3v) is 3.73. The van der Waals surface area contributed by atoms with Crippen molar-refractivity contribution >= 4 is 11.7 Å². The zero-order valence-electron chi connectivity index (χ0n) is 13.1. The van der Waals surface area contributed by atoms with Crippen LogP contribution < -0.4 is 10.5 Å². The number of hydrogen-bond acceptors (Lipinski definition) is 4. The molecule has 6 nitrogen and oxygen atoms in total. The second-order valence-electron chi connectivity index (χ2n) is 5.54. The average Bonchev–Trinajstić information content (AvgIpc) is 2.53. The molecule has 0 radical (unpaired) electrons. The lowest BCUT2D eigenvalue weighted by Crippen LogP contribution is -2.31. The monoisotopic (exact) mass is 316 g/mol. The van der Waals surface area contributed by atoms with Crippen LogP contribution >= 0.6 is 0 Å². The Labute approximate surface area is 134 Å². The fourth-order valence-electron chi connectivity index (χ4n) is 2.41. The number of carboxylic acids is 1. The summed E-state index contributed by atoms with van der Waals surface area (Å²) in [4.78, 5) is 25.3. The summed E-state index contributed by atoms with van der Waals surface area (Å²) < 4.78 is 1.28. The van der Waals surface area contributed by atoms with E-state index in [2.05, 4.69) is 0 Å². The van der Waals surface area contributed by atoms with Crippen molar-refractivity contribution in [1.82, 2.24) is 4.57 Å². The highest BCUT2D eigenvalue weighted by atomic mass is 16.4. The predicted molar refractivity (Wildman–Crippen MR) is 88.3 cm³/mol. The standard InChI is InChI=1S/C17H20N2O4/c1-18(2)13-7-5-12(6-8-13)10-14(11-20)19-9-3-4-15(16(19)21)17(22)23/h3-9,14,20H,10-11H2,1-2H3,(H,22,23)/t14-/m0/s1. The third-order valence-electron chi connectivity index (χ3n) is 3.73. The van der Waals surface area contributed by atoms with Crippen molar-refractivity contribution < 1.29 is 15.0 Å². The quantitative estimate of drug-likeness (QED) is 0.841. The zero-order valence-corrected chi connectivity index (χ0v) is 13.1. The summed E-state index contributed by atoms with van der Waals surface area (Å²) in [5, 5.41) is 18.7. The number of aromatic nitrogens is 1. The highest BCUT2D eigenvalue weighted by Gasteiger charge is 2.17. The van der Waals surface area contributed by atoms with Crippen LogP contribution in [0.4, 0.5) is 5.69 Å². The van der Waals surface area contributed by atoms with Gasteiger partial charge in [-0.05, 0) is 36.2 Å². The van der Waals surface area contributed by atoms with E-state index in [9.17, 15) is 14.7 Å². The van der Waals surface area contributed by atoms with Crippen molar-refractivity contribution in [1.29, 1.82) is 0 Å². The van der Waals surface area contributed by atoms with E-state index >= 15 is 0 Å². The summed E-state index contributed by atoms with van der Waals surface area (Å²) in [7, 11) is 3.89. The van der Waals surface area contributed by atoms with Gasteiger partial charge in [0.25, 0.3) is 5.56 Å². The molecule has 2 N–H and O–H groups in total. The fraction of sp³-hybridized carbons (Fsp3) is 0.294. The number of benzene rings is 1. The van der Waals surface area contributed by atoms with Crippen LogP contribution in [0.1, 0.15) is 22.0 Å². The number of anilines is 1. The number of nitrogens with zero attached hydrogens (tertiary/aromatic N) is 2. The lowest BCUT2D eigenvalue weighted by Gasteiger charge is -2.19. The second-order valence-corrected chi connectivity index (χ2v) is 5.54. The first-order valence-electron chi connectivity index (χ1n) is 7.25. The number of aromatic carboxylic acids is 1. The molecule has 0 amide bonds. The number of carboxylic acid groups (broad SMARTS) is 1. The predicted octanol–water partition coefficient (Wildman–Crippen LogP) is 1.39. The van der Waals surface area contributed by atoms with E-state index in [1.807, 2.05) is 43.3 Å². The van der Waals surface area contributed by atoms with Gasteiger partial charge in [-0.2, -0.15) is 0 Å². The first kappa shape index (κ1) is 16.8. The van der Waals surface area contributed by atoms with Gasteiger partial charge in [0.2, 0.25) is 0 Å². The lowest BCUT2D eigenvalue weighted by atomic mass is 10.1. The first-order valence-corrected chi connectivity index (χ1v) is 7.25. The molecule has 0 aliphatic carbocycles. The van der Waals surface area contributed by atoms with E-state index in [4.69, 9.17) is 5.11 Å². The Morgan fingerprint density at radius 3 is 2.39 bits per heavy atom. The summed E-state index contributed by atoms with van der Waals surface area (Å²) in [5.74, 6) is -1.27. The molecule has 0 unspecified atom stereocenters. The maximum atomic E-state index is 12.2. The summed E-state index contributed by atoms with van der Waals surface area (Å²) in [6.07, 6.45) is 1.94. The van der Waals surface area contributed by atoms with Crippen molar-refractivity contribution in [2.75, 3.05) is 25.6 Å². The van der Waals surface area contributed by atoms with E-state index in [1.165, 1.54) is 22.9 Å². The van der Waals surface area contributed by atoms with Gasteiger partial charge in [0, 0.05) is 26.0 Å². The fourth-order valence-corrected chi connectivity index (χ4v) is 2.41. The summed E-state index contributed by atoms with van der Waals surface area (Å²) in [6.45, 7) is -0.252. The van der Waals surface area contributed by atoms with Crippen LogP contribution in [0, 0.1) is 0 Å². The molecule has 1 aromatic carbocycles. The number of carbonyl (C=O) groups is 1. The zero-order chi connectivity index (χ0) is 17.0. The van der Waals surface area contributed by atoms with Crippen molar-refractivity contribution in [2.45, 2.75) is 12.5 Å². The molecule has 0 spiro atoms. The molecule has 0 aliphatic heterocycles. The Balaban J connectivity index is 2.29. The second kappa shape index (κ2) is 7.11. The maximum absolute atomic E-state index is 12.2. The van der Waals surface area contributed by atoms with Gasteiger partial charge in [0.15, 0.2) is 0 Å². The minimum absolute atomic E-state index is 0.252. The highest BCUT2D eigenvalue weighted by Crippen LogP contribution is 2.17. The Bertz CT molecular complexity index is 735. The van der Waals surface area contributed by atoms with Gasteiger partial charge in [0.1, 0.15) is 5.56 Å². The summed E-state index contributed by atoms with van der Waals surface area (Å²) >= 11 is 0. The van der Waals surface area contributed by atoms with Gasteiger partial charge < -0.3 is 19.7 Å². The number of pyridine rings is 1. The molecule has 122 valence electrons. The van der Waals surface area contributed by atoms with Gasteiger partial charge in [-0.25, -0.2) is 4.79 Å². The van der Waals surface area contributed by atoms with Gasteiger partial charge in [-0.3, -0.25) is 4.79 Å². The molecule has 0 aliphatic rings. The average molecular weight is 316 g/mol. The molecule has 2 aromatic rings. The molecule has 0 bridgehead atoms. The topological polar surface area (TPSA) is 82.8 Å². The minimum Gasteiger partial charge on any atom is -0.477 e. The van der Waals surface area contributed by atoms with Crippen LogP contribution in [0.3, 0.4) is 0 Å². The van der Waals surface area contributed by atoms with Crippen LogP contribution in [-0.2, 0) is 6.42 Å². The molecule has 1 aromatic heterocycles. The van der Waals surface area contributed by atoms with Crippen LogP contribution in [0.5, 0.6) is 0 Å². The molecule has 0 saturated heterocycles. The first-order chi connectivity index (χ1) is 10.9. The molecule has 1 atom stereocenters. The van der Waals surface area contributed by atoms with E-state index in [0.29, 0.717) is 6.42 Å². The normalized spacial score (nSPS) is 12.0. The summed E-state index contributed by atoms with van der Waals surface area (Å²) in [5.41, 5.74) is 1.11. The smallest absolute Gasteiger partial charge is 0.341 e. The molecular weight excluding hydrogens is 296 g/mol. The van der Waals surface area contributed by atoms with Gasteiger partial charge in [-0.1, -0.05) is 12.1 Å². The number of aliphatic hydroxyl groups is 1. The summed E-state index contributed by atoms with van der Waals surface area (Å²) in [6, 6.07) is 10.0. The van der Waals surface area contributed by atoms with Crippen LogP contribution in [0.25, 0.3) is 0 Å². The van der Waals surface area contributed by atoms with Crippen molar-refractivity contribution in [3.05, 3.63) is 64.1 Å². The van der Waals surface area contributed by atoms with Crippen molar-refractivity contribution in [3.63, 3.8) is 0 Å². The molecule has 0 saturated carbocycles. The number of aliphatic hydroxyl groups excluding tert-OH is 1. The molecular formula is C17H20N2O4. The van der Waals surface area contributed by atoms with Crippen molar-refractivity contribution in [3.8, 4) is 0 Å². The Hall–Kier alpha value is -2.60. The van der Waals surface area contributed by atoms with Crippen LogP contribution in [0.15, 0.2) is 47.4 Å². The van der Waals surface area contributed by atoms with Crippen LogP contribution in [-0.4, -0.2) is 41.5 Å². The lowest BCUT2D eigenvalue weighted by molar-refractivity contribution is 0.0693. The highest BCUT2D eigenvalue weighted by molar-refractivity contribution is 5.86. The number of rotatable bonds is 6. The van der Waals surface area contributed by atoms with E-state index in [-0.39, 0.29) is 12.2 Å². The molecule has 2 rings (SSSR count). The van der Waals surface area contributed by atoms with Crippen molar-refractivity contribution in [2.24, 2.45) is 0 Å². The Morgan fingerprint density at radius 2 is 1.87 bits per heavy atom. The molecule has 0 fully saturated rings. The van der Waals surface area contributed by atoms with E-state index < -0.39 is 17.6 Å². The van der Waals surface area contributed by atoms with Gasteiger partial charge in [0.05, 0.1) is 12.6 Å². The Morgan fingerprint density at radius 1 is 1.22 bits per heavy atom. The van der Waals surface area contributed by atoms with Gasteiger partial charge >= 0.3 is 5.97 Å².